The van der Waals surface area contributed by atoms with Crippen molar-refractivity contribution in [3.8, 4) is 0 Å². The van der Waals surface area contributed by atoms with E-state index in [0.717, 1.165) is 22.3 Å². The highest BCUT2D eigenvalue weighted by molar-refractivity contribution is 6.30. The first-order valence-corrected chi connectivity index (χ1v) is 11.6. The molecule has 4 nitrogen and oxygen atoms in total. The maximum atomic E-state index is 13.6. The molecule has 172 valence electrons. The maximum absolute atomic E-state index is 13.6. The molecule has 0 aliphatic carbocycles. The molecule has 0 heterocycles. The maximum Gasteiger partial charge on any atom is 0.243 e. The average molecular weight is 463 g/mol. The summed E-state index contributed by atoms with van der Waals surface area (Å²) in [5, 5.41) is 3.61. The van der Waals surface area contributed by atoms with E-state index in [1.165, 1.54) is 0 Å². The van der Waals surface area contributed by atoms with Gasteiger partial charge in [-0.05, 0) is 49.6 Å². The summed E-state index contributed by atoms with van der Waals surface area (Å²) in [5.41, 5.74) is 3.94. The minimum Gasteiger partial charge on any atom is -0.352 e. The Balaban J connectivity index is 1.96. The van der Waals surface area contributed by atoms with Gasteiger partial charge in [0.2, 0.25) is 11.8 Å². The summed E-state index contributed by atoms with van der Waals surface area (Å²) >= 11 is 6.21. The van der Waals surface area contributed by atoms with E-state index in [1.54, 1.807) is 11.0 Å². The van der Waals surface area contributed by atoms with Gasteiger partial charge in [-0.3, -0.25) is 9.59 Å². The van der Waals surface area contributed by atoms with Crippen LogP contribution in [0.3, 0.4) is 0 Å². The summed E-state index contributed by atoms with van der Waals surface area (Å²) in [5.74, 6) is -0.258. The minimum atomic E-state index is -0.647. The van der Waals surface area contributed by atoms with Gasteiger partial charge in [-0.15, -0.1) is 0 Å². The van der Waals surface area contributed by atoms with E-state index < -0.39 is 6.04 Å². The molecule has 0 unspecified atom stereocenters. The summed E-state index contributed by atoms with van der Waals surface area (Å²) < 4.78 is 0. The van der Waals surface area contributed by atoms with E-state index in [1.807, 2.05) is 93.6 Å². The number of hydrogen-bond acceptors (Lipinski definition) is 2. The van der Waals surface area contributed by atoms with E-state index in [2.05, 4.69) is 5.32 Å². The molecule has 3 rings (SSSR count). The first-order valence-electron chi connectivity index (χ1n) is 11.3. The van der Waals surface area contributed by atoms with E-state index >= 15 is 0 Å². The van der Waals surface area contributed by atoms with Gasteiger partial charge in [-0.2, -0.15) is 0 Å². The fraction of sp³-hybridized carbons (Fsp3) is 0.286. The first-order chi connectivity index (χ1) is 15.8. The summed E-state index contributed by atoms with van der Waals surface area (Å²) in [7, 11) is 0. The van der Waals surface area contributed by atoms with Crippen LogP contribution in [0.1, 0.15) is 36.1 Å². The molecule has 0 bridgehead atoms. The number of carbonyl (C=O) groups excluding carboxylic acids is 2. The Hall–Kier alpha value is -3.11. The number of carbonyl (C=O) groups is 2. The molecule has 3 aromatic rings. The number of nitrogens with zero attached hydrogens (tertiary/aromatic N) is 1. The SMILES string of the molecule is Cc1ccc(CC(=O)N(Cc2cccc(Cl)c2)[C@@H](Cc2ccccc2)C(=O)NC(C)C)cc1. The van der Waals surface area contributed by atoms with Gasteiger partial charge >= 0.3 is 0 Å². The molecule has 1 N–H and O–H groups in total. The third kappa shape index (κ3) is 7.47. The average Bonchev–Trinajstić information content (AvgIpc) is 2.78. The van der Waals surface area contributed by atoms with Gasteiger partial charge in [-0.1, -0.05) is 83.9 Å². The second-order valence-electron chi connectivity index (χ2n) is 8.68. The lowest BCUT2D eigenvalue weighted by molar-refractivity contribution is -0.141. The molecule has 5 heteroatoms. The molecule has 0 aliphatic heterocycles. The molecule has 0 aromatic heterocycles. The lowest BCUT2D eigenvalue weighted by Crippen LogP contribution is -2.52. The van der Waals surface area contributed by atoms with Gasteiger partial charge in [0.25, 0.3) is 0 Å². The zero-order valence-corrected chi connectivity index (χ0v) is 20.2. The second-order valence-corrected chi connectivity index (χ2v) is 9.12. The summed E-state index contributed by atoms with van der Waals surface area (Å²) in [4.78, 5) is 28.6. The Morgan fingerprint density at radius 2 is 1.55 bits per heavy atom. The third-order valence-corrected chi connectivity index (χ3v) is 5.66. The van der Waals surface area contributed by atoms with E-state index in [0.29, 0.717) is 18.0 Å². The van der Waals surface area contributed by atoms with Crippen LogP contribution in [-0.2, 0) is 29.0 Å². The number of amides is 2. The first kappa shape index (κ1) is 24.5. The van der Waals surface area contributed by atoms with Gasteiger partial charge in [0.1, 0.15) is 6.04 Å². The molecule has 0 saturated heterocycles. The van der Waals surface area contributed by atoms with Crippen LogP contribution < -0.4 is 5.32 Å². The van der Waals surface area contributed by atoms with Crippen LogP contribution in [-0.4, -0.2) is 28.8 Å². The quantitative estimate of drug-likeness (QED) is 0.465. The monoisotopic (exact) mass is 462 g/mol. The van der Waals surface area contributed by atoms with Crippen LogP contribution in [0.25, 0.3) is 0 Å². The number of rotatable bonds is 9. The van der Waals surface area contributed by atoms with E-state index in [-0.39, 0.29) is 24.3 Å². The molecule has 0 fully saturated rings. The van der Waals surface area contributed by atoms with Gasteiger partial charge < -0.3 is 10.2 Å². The fourth-order valence-electron chi connectivity index (χ4n) is 3.75. The Morgan fingerprint density at radius 3 is 2.18 bits per heavy atom. The summed E-state index contributed by atoms with van der Waals surface area (Å²) in [6.45, 7) is 6.16. The molecule has 2 amide bonds. The number of aryl methyl sites for hydroxylation is 1. The highest BCUT2D eigenvalue weighted by Gasteiger charge is 2.30. The van der Waals surface area contributed by atoms with Crippen LogP contribution in [0.15, 0.2) is 78.9 Å². The van der Waals surface area contributed by atoms with Crippen LogP contribution >= 0.6 is 11.6 Å². The molecule has 0 saturated carbocycles. The molecule has 0 radical (unpaired) electrons. The smallest absolute Gasteiger partial charge is 0.243 e. The van der Waals surface area contributed by atoms with Crippen molar-refractivity contribution >= 4 is 23.4 Å². The minimum absolute atomic E-state index is 0.0315. The van der Waals surface area contributed by atoms with Crippen molar-refractivity contribution in [2.75, 3.05) is 0 Å². The molecule has 0 aliphatic rings. The number of nitrogens with one attached hydrogen (secondary N) is 1. The standard InChI is InChI=1S/C28H31ClN2O2/c1-20(2)30-28(33)26(17-22-8-5-4-6-9-22)31(19-24-10-7-11-25(29)16-24)27(32)18-23-14-12-21(3)13-15-23/h4-16,20,26H,17-19H2,1-3H3,(H,30,33)/t26-/m0/s1. The van der Waals surface area contributed by atoms with Crippen LogP contribution in [0.2, 0.25) is 5.02 Å². The molecular formula is C28H31ClN2O2. The largest absolute Gasteiger partial charge is 0.352 e. The topological polar surface area (TPSA) is 49.4 Å². The van der Waals surface area contributed by atoms with Crippen molar-refractivity contribution in [2.24, 2.45) is 0 Å². The second kappa shape index (κ2) is 11.7. The molecule has 3 aromatic carbocycles. The highest BCUT2D eigenvalue weighted by atomic mass is 35.5. The predicted octanol–water partition coefficient (Wildman–Crippen LogP) is 5.36. The van der Waals surface area contributed by atoms with Crippen LogP contribution in [0, 0.1) is 6.92 Å². The van der Waals surface area contributed by atoms with Crippen molar-refractivity contribution in [1.29, 1.82) is 0 Å². The Labute approximate surface area is 201 Å². The van der Waals surface area contributed by atoms with Crippen molar-refractivity contribution in [3.63, 3.8) is 0 Å². The number of hydrogen-bond donors (Lipinski definition) is 1. The Bertz CT molecular complexity index is 1060. The van der Waals surface area contributed by atoms with E-state index in [9.17, 15) is 9.59 Å². The van der Waals surface area contributed by atoms with Gasteiger partial charge in [-0.25, -0.2) is 0 Å². The van der Waals surface area contributed by atoms with Gasteiger partial charge in [0, 0.05) is 24.0 Å². The summed E-state index contributed by atoms with van der Waals surface area (Å²) in [6.07, 6.45) is 0.653. The van der Waals surface area contributed by atoms with Crippen molar-refractivity contribution < 1.29 is 9.59 Å². The Morgan fingerprint density at radius 1 is 0.879 bits per heavy atom. The zero-order valence-electron chi connectivity index (χ0n) is 19.4. The highest BCUT2D eigenvalue weighted by Crippen LogP contribution is 2.19. The lowest BCUT2D eigenvalue weighted by Gasteiger charge is -2.32. The van der Waals surface area contributed by atoms with Gasteiger partial charge in [0.15, 0.2) is 0 Å². The van der Waals surface area contributed by atoms with Crippen LogP contribution in [0.5, 0.6) is 0 Å². The third-order valence-electron chi connectivity index (χ3n) is 5.42. The van der Waals surface area contributed by atoms with Crippen molar-refractivity contribution in [2.45, 2.75) is 52.2 Å². The van der Waals surface area contributed by atoms with Crippen LogP contribution in [0.4, 0.5) is 0 Å². The van der Waals surface area contributed by atoms with E-state index in [4.69, 9.17) is 11.6 Å². The number of halogens is 1. The summed E-state index contributed by atoms with van der Waals surface area (Å²) in [6, 6.07) is 24.5. The van der Waals surface area contributed by atoms with Crippen molar-refractivity contribution in [1.82, 2.24) is 10.2 Å². The predicted molar refractivity (Wildman–Crippen MR) is 134 cm³/mol. The Kier molecular flexibility index (Phi) is 8.67. The molecule has 33 heavy (non-hydrogen) atoms. The van der Waals surface area contributed by atoms with Gasteiger partial charge in [0.05, 0.1) is 6.42 Å². The number of benzene rings is 3. The molecular weight excluding hydrogens is 432 g/mol. The normalized spacial score (nSPS) is 11.8. The van der Waals surface area contributed by atoms with Crippen molar-refractivity contribution in [3.05, 3.63) is 106 Å². The molecule has 1 atom stereocenters. The zero-order chi connectivity index (χ0) is 23.8. The fourth-order valence-corrected chi connectivity index (χ4v) is 3.96. The molecule has 0 spiro atoms. The lowest BCUT2D eigenvalue weighted by atomic mass is 10.0.